The molecule has 5 heteroatoms. The quantitative estimate of drug-likeness (QED) is 0.836. The minimum atomic E-state index is -0.0857. The van der Waals surface area contributed by atoms with Crippen LogP contribution in [-0.2, 0) is 11.3 Å². The van der Waals surface area contributed by atoms with Gasteiger partial charge in [-0.1, -0.05) is 0 Å². The van der Waals surface area contributed by atoms with Gasteiger partial charge in [-0.15, -0.1) is 0 Å². The summed E-state index contributed by atoms with van der Waals surface area (Å²) in [5, 5.41) is 0. The van der Waals surface area contributed by atoms with Gasteiger partial charge in [-0.2, -0.15) is 0 Å². The molecular formula is C14H20N4O. The van der Waals surface area contributed by atoms with Crippen LogP contribution in [0.25, 0.3) is 0 Å². The van der Waals surface area contributed by atoms with Gasteiger partial charge in [-0.3, -0.25) is 15.2 Å². The van der Waals surface area contributed by atoms with Crippen molar-refractivity contribution in [3.05, 3.63) is 30.1 Å². The summed E-state index contributed by atoms with van der Waals surface area (Å²) in [4.78, 5) is 18.1. The van der Waals surface area contributed by atoms with Crippen LogP contribution in [0.15, 0.2) is 24.5 Å². The number of likely N-dealkylation sites (N-methyl/N-ethyl adjacent to an activating group) is 1. The molecule has 3 rings (SSSR count). The fourth-order valence-electron chi connectivity index (χ4n) is 2.66. The van der Waals surface area contributed by atoms with E-state index in [0.29, 0.717) is 12.6 Å². The average molecular weight is 260 g/mol. The molecule has 1 aromatic rings. The van der Waals surface area contributed by atoms with Crippen LogP contribution >= 0.6 is 0 Å². The Kier molecular flexibility index (Phi) is 3.48. The van der Waals surface area contributed by atoms with Gasteiger partial charge >= 0.3 is 0 Å². The van der Waals surface area contributed by atoms with Crippen LogP contribution in [0.1, 0.15) is 24.8 Å². The van der Waals surface area contributed by atoms with Crippen molar-refractivity contribution < 1.29 is 4.79 Å². The second kappa shape index (κ2) is 5.27. The molecule has 1 aromatic heterocycles. The zero-order valence-corrected chi connectivity index (χ0v) is 11.2. The van der Waals surface area contributed by atoms with E-state index in [1.165, 1.54) is 12.8 Å². The van der Waals surface area contributed by atoms with Crippen molar-refractivity contribution in [2.45, 2.75) is 37.9 Å². The molecule has 1 aliphatic carbocycles. The van der Waals surface area contributed by atoms with E-state index in [2.05, 4.69) is 15.8 Å². The fourth-order valence-corrected chi connectivity index (χ4v) is 2.66. The Hall–Kier alpha value is -1.46. The lowest BCUT2D eigenvalue weighted by atomic mass is 10.1. The van der Waals surface area contributed by atoms with Crippen molar-refractivity contribution in [2.75, 3.05) is 7.05 Å². The van der Waals surface area contributed by atoms with Crippen LogP contribution in [0.2, 0.25) is 0 Å². The van der Waals surface area contributed by atoms with Crippen molar-refractivity contribution in [2.24, 2.45) is 5.92 Å². The molecule has 1 saturated heterocycles. The van der Waals surface area contributed by atoms with Crippen LogP contribution in [0.3, 0.4) is 0 Å². The first-order valence-electron chi connectivity index (χ1n) is 6.89. The molecular weight excluding hydrogens is 240 g/mol. The number of carbonyl (C=O) groups excluding carboxylic acids is 1. The molecule has 1 aliphatic heterocycles. The summed E-state index contributed by atoms with van der Waals surface area (Å²) in [5.74, 6) is 0.934. The van der Waals surface area contributed by atoms with Gasteiger partial charge < -0.3 is 4.90 Å². The molecule has 2 N–H and O–H groups in total. The Labute approximate surface area is 113 Å². The molecule has 102 valence electrons. The molecule has 5 nitrogen and oxygen atoms in total. The first-order chi connectivity index (χ1) is 9.24. The summed E-state index contributed by atoms with van der Waals surface area (Å²) >= 11 is 0. The molecule has 1 amide bonds. The first kappa shape index (κ1) is 12.6. The summed E-state index contributed by atoms with van der Waals surface area (Å²) in [6.07, 6.45) is 7.02. The van der Waals surface area contributed by atoms with Gasteiger partial charge in [0, 0.05) is 32.0 Å². The maximum Gasteiger partial charge on any atom is 0.241 e. The molecule has 1 saturated carbocycles. The summed E-state index contributed by atoms with van der Waals surface area (Å²) in [7, 11) is 1.86. The number of amides is 1. The van der Waals surface area contributed by atoms with Gasteiger partial charge in [0.05, 0.1) is 0 Å². The second-order valence-electron chi connectivity index (χ2n) is 5.57. The average Bonchev–Trinajstić information content (AvgIpc) is 3.17. The van der Waals surface area contributed by atoms with Crippen LogP contribution in [-0.4, -0.2) is 34.9 Å². The maximum absolute atomic E-state index is 12.3. The molecule has 2 fully saturated rings. The Morgan fingerprint density at radius 2 is 2.11 bits per heavy atom. The van der Waals surface area contributed by atoms with Gasteiger partial charge in [-0.25, -0.2) is 5.43 Å². The predicted octanol–water partition coefficient (Wildman–Crippen LogP) is 0.685. The zero-order valence-electron chi connectivity index (χ0n) is 11.2. The van der Waals surface area contributed by atoms with Crippen molar-refractivity contribution in [3.63, 3.8) is 0 Å². The molecule has 0 spiro atoms. The number of hydrogen-bond acceptors (Lipinski definition) is 4. The van der Waals surface area contributed by atoms with Gasteiger partial charge in [0.1, 0.15) is 6.04 Å². The van der Waals surface area contributed by atoms with E-state index >= 15 is 0 Å². The van der Waals surface area contributed by atoms with E-state index in [0.717, 1.165) is 17.9 Å². The largest absolute Gasteiger partial charge is 0.340 e. The van der Waals surface area contributed by atoms with Gasteiger partial charge in [0.15, 0.2) is 0 Å². The Morgan fingerprint density at radius 1 is 1.37 bits per heavy atom. The third-order valence-corrected chi connectivity index (χ3v) is 3.97. The van der Waals surface area contributed by atoms with Gasteiger partial charge in [0.2, 0.25) is 5.91 Å². The van der Waals surface area contributed by atoms with Crippen LogP contribution < -0.4 is 10.9 Å². The summed E-state index contributed by atoms with van der Waals surface area (Å²) in [5.41, 5.74) is 7.51. The number of rotatable bonds is 4. The molecule has 19 heavy (non-hydrogen) atoms. The van der Waals surface area contributed by atoms with Crippen LogP contribution in [0, 0.1) is 5.92 Å². The molecule has 2 heterocycles. The van der Waals surface area contributed by atoms with E-state index in [4.69, 9.17) is 0 Å². The number of aromatic nitrogens is 1. The summed E-state index contributed by atoms with van der Waals surface area (Å²) < 4.78 is 0. The molecule has 0 radical (unpaired) electrons. The van der Waals surface area contributed by atoms with E-state index in [1.54, 1.807) is 17.3 Å². The summed E-state index contributed by atoms with van der Waals surface area (Å²) in [6, 6.07) is 4.27. The number of nitrogens with one attached hydrogen (secondary N) is 2. The van der Waals surface area contributed by atoms with E-state index in [1.807, 2.05) is 19.2 Å². The van der Waals surface area contributed by atoms with Crippen LogP contribution in [0.5, 0.6) is 0 Å². The number of carbonyl (C=O) groups is 1. The van der Waals surface area contributed by atoms with Crippen molar-refractivity contribution in [1.29, 1.82) is 0 Å². The minimum Gasteiger partial charge on any atom is -0.340 e. The highest BCUT2D eigenvalue weighted by molar-refractivity contribution is 5.82. The Bertz CT molecular complexity index is 446. The molecule has 0 bridgehead atoms. The highest BCUT2D eigenvalue weighted by Crippen LogP contribution is 2.35. The zero-order chi connectivity index (χ0) is 13.2. The maximum atomic E-state index is 12.3. The highest BCUT2D eigenvalue weighted by Gasteiger charge is 2.39. The van der Waals surface area contributed by atoms with Gasteiger partial charge in [0.25, 0.3) is 0 Å². The molecule has 2 unspecified atom stereocenters. The normalized spacial score (nSPS) is 26.4. The lowest BCUT2D eigenvalue weighted by molar-refractivity contribution is -0.132. The van der Waals surface area contributed by atoms with Crippen molar-refractivity contribution >= 4 is 5.91 Å². The lowest BCUT2D eigenvalue weighted by Gasteiger charge is -2.20. The van der Waals surface area contributed by atoms with E-state index in [-0.39, 0.29) is 11.9 Å². The lowest BCUT2D eigenvalue weighted by Crippen LogP contribution is -2.44. The second-order valence-corrected chi connectivity index (χ2v) is 5.57. The summed E-state index contributed by atoms with van der Waals surface area (Å²) in [6.45, 7) is 0.633. The highest BCUT2D eigenvalue weighted by atomic mass is 16.2. The first-order valence-corrected chi connectivity index (χ1v) is 6.89. The van der Waals surface area contributed by atoms with E-state index in [9.17, 15) is 4.79 Å². The van der Waals surface area contributed by atoms with Crippen molar-refractivity contribution in [1.82, 2.24) is 20.7 Å². The third kappa shape index (κ3) is 2.93. The molecule has 2 atom stereocenters. The number of nitrogens with zero attached hydrogens (tertiary/aromatic N) is 2. The Balaban J connectivity index is 1.55. The molecule has 0 aromatic carbocycles. The standard InChI is InChI=1S/C14H20N4O/c1-18(9-10-4-6-15-7-5-10)14(19)13-8-12(16-17-13)11-2-3-11/h4-7,11-13,16-17H,2-3,8-9H2,1H3. The fraction of sp³-hybridized carbons (Fsp3) is 0.571. The monoisotopic (exact) mass is 260 g/mol. The van der Waals surface area contributed by atoms with Gasteiger partial charge in [-0.05, 0) is 42.9 Å². The van der Waals surface area contributed by atoms with Crippen molar-refractivity contribution in [3.8, 4) is 0 Å². The topological polar surface area (TPSA) is 57.3 Å². The van der Waals surface area contributed by atoms with Crippen LogP contribution in [0.4, 0.5) is 0 Å². The van der Waals surface area contributed by atoms with E-state index < -0.39 is 0 Å². The minimum absolute atomic E-state index is 0.0857. The number of hydrazine groups is 1. The SMILES string of the molecule is CN(Cc1ccncc1)C(=O)C1CC(C2CC2)NN1. The molecule has 2 aliphatic rings. The smallest absolute Gasteiger partial charge is 0.241 e. The number of pyridine rings is 1. The number of hydrogen-bond donors (Lipinski definition) is 2. The predicted molar refractivity (Wildman–Crippen MR) is 71.9 cm³/mol. The Morgan fingerprint density at radius 3 is 2.79 bits per heavy atom. The third-order valence-electron chi connectivity index (χ3n) is 3.97.